The van der Waals surface area contributed by atoms with Gasteiger partial charge in [0.1, 0.15) is 0 Å². The molecule has 2 aliphatic rings. The molecular formula is C18H22N2OS. The molecule has 3 rings (SSSR count). The Morgan fingerprint density at radius 3 is 2.68 bits per heavy atom. The Morgan fingerprint density at radius 2 is 2.00 bits per heavy atom. The number of carbonyl (C=O) groups excluding carboxylic acids is 1. The second-order valence-corrected chi connectivity index (χ2v) is 7.53. The van der Waals surface area contributed by atoms with Gasteiger partial charge in [-0.05, 0) is 42.4 Å². The summed E-state index contributed by atoms with van der Waals surface area (Å²) in [6, 6.07) is 10.1. The lowest BCUT2D eigenvalue weighted by atomic mass is 9.86. The van der Waals surface area contributed by atoms with E-state index in [1.807, 2.05) is 24.3 Å². The van der Waals surface area contributed by atoms with Gasteiger partial charge >= 0.3 is 0 Å². The van der Waals surface area contributed by atoms with Crippen molar-refractivity contribution in [3.8, 4) is 6.07 Å². The van der Waals surface area contributed by atoms with E-state index in [0.717, 1.165) is 11.3 Å². The number of hydrogen-bond acceptors (Lipinski definition) is 3. The van der Waals surface area contributed by atoms with Gasteiger partial charge in [0.05, 0.1) is 17.4 Å². The van der Waals surface area contributed by atoms with Crippen molar-refractivity contribution < 1.29 is 4.79 Å². The molecule has 0 heterocycles. The molecule has 1 unspecified atom stereocenters. The van der Waals surface area contributed by atoms with E-state index in [-0.39, 0.29) is 5.91 Å². The van der Waals surface area contributed by atoms with Crippen molar-refractivity contribution in [1.82, 2.24) is 5.32 Å². The maximum Gasteiger partial charge on any atom is 0.230 e. The van der Waals surface area contributed by atoms with Gasteiger partial charge in [0.15, 0.2) is 0 Å². The lowest BCUT2D eigenvalue weighted by molar-refractivity contribution is -0.118. The second kappa shape index (κ2) is 6.75. The highest BCUT2D eigenvalue weighted by molar-refractivity contribution is 7.99. The molecule has 1 spiro atoms. The van der Waals surface area contributed by atoms with E-state index in [0.29, 0.717) is 22.8 Å². The molecule has 2 aliphatic carbocycles. The fourth-order valence-electron chi connectivity index (χ4n) is 3.53. The summed E-state index contributed by atoms with van der Waals surface area (Å²) in [6.07, 6.45) is 7.83. The van der Waals surface area contributed by atoms with E-state index in [9.17, 15) is 4.79 Å². The summed E-state index contributed by atoms with van der Waals surface area (Å²) in [5, 5.41) is 12.0. The predicted molar refractivity (Wildman–Crippen MR) is 89.4 cm³/mol. The fraction of sp³-hybridized carbons (Fsp3) is 0.556. The summed E-state index contributed by atoms with van der Waals surface area (Å²) in [4.78, 5) is 12.0. The molecule has 116 valence electrons. The topological polar surface area (TPSA) is 52.9 Å². The molecule has 1 aromatic carbocycles. The van der Waals surface area contributed by atoms with Gasteiger partial charge in [-0.15, -0.1) is 11.8 Å². The first-order valence-corrected chi connectivity index (χ1v) is 9.23. The predicted octanol–water partition coefficient (Wildman–Crippen LogP) is 3.63. The lowest BCUT2D eigenvalue weighted by Crippen LogP contribution is -2.31. The molecule has 1 amide bonds. The molecule has 1 atom stereocenters. The van der Waals surface area contributed by atoms with Gasteiger partial charge in [-0.2, -0.15) is 5.26 Å². The van der Waals surface area contributed by atoms with Crippen molar-refractivity contribution in [3.63, 3.8) is 0 Å². The van der Waals surface area contributed by atoms with Crippen LogP contribution in [0.3, 0.4) is 0 Å². The number of benzene rings is 1. The van der Waals surface area contributed by atoms with E-state index in [1.54, 1.807) is 11.8 Å². The zero-order valence-electron chi connectivity index (χ0n) is 12.8. The van der Waals surface area contributed by atoms with Crippen LogP contribution >= 0.6 is 11.8 Å². The van der Waals surface area contributed by atoms with Crippen LogP contribution in [-0.2, 0) is 10.5 Å². The van der Waals surface area contributed by atoms with Crippen molar-refractivity contribution in [1.29, 1.82) is 5.26 Å². The van der Waals surface area contributed by atoms with Crippen LogP contribution in [0.5, 0.6) is 0 Å². The zero-order chi connectivity index (χ0) is 15.4. The number of carbonyl (C=O) groups is 1. The van der Waals surface area contributed by atoms with E-state index in [4.69, 9.17) is 5.26 Å². The minimum absolute atomic E-state index is 0.172. The van der Waals surface area contributed by atoms with Crippen molar-refractivity contribution in [2.45, 2.75) is 50.3 Å². The first-order chi connectivity index (χ1) is 10.7. The largest absolute Gasteiger partial charge is 0.352 e. The Balaban J connectivity index is 1.37. The molecule has 0 aliphatic heterocycles. The number of thioether (sulfide) groups is 1. The Kier molecular flexibility index (Phi) is 4.73. The van der Waals surface area contributed by atoms with Crippen LogP contribution in [0.15, 0.2) is 24.3 Å². The minimum atomic E-state index is 0.172. The van der Waals surface area contributed by atoms with Gasteiger partial charge in [0.25, 0.3) is 0 Å². The smallest absolute Gasteiger partial charge is 0.230 e. The molecule has 1 N–H and O–H groups in total. The van der Waals surface area contributed by atoms with E-state index < -0.39 is 0 Å². The molecule has 0 bridgehead atoms. The number of rotatable bonds is 5. The summed E-state index contributed by atoms with van der Waals surface area (Å²) >= 11 is 1.64. The monoisotopic (exact) mass is 314 g/mol. The van der Waals surface area contributed by atoms with E-state index >= 15 is 0 Å². The maximum absolute atomic E-state index is 12.0. The Hall–Kier alpha value is -1.47. The van der Waals surface area contributed by atoms with Gasteiger partial charge < -0.3 is 5.32 Å². The summed E-state index contributed by atoms with van der Waals surface area (Å²) in [6.45, 7) is 0. The van der Waals surface area contributed by atoms with Gasteiger partial charge in [0.2, 0.25) is 5.91 Å². The molecule has 2 fully saturated rings. The number of nitriles is 1. The average Bonchev–Trinajstić information content (AvgIpc) is 3.19. The Morgan fingerprint density at radius 1 is 1.27 bits per heavy atom. The molecule has 4 heteroatoms. The van der Waals surface area contributed by atoms with Crippen LogP contribution in [-0.4, -0.2) is 17.7 Å². The highest BCUT2D eigenvalue weighted by Crippen LogP contribution is 2.56. The lowest BCUT2D eigenvalue weighted by Gasteiger charge is -2.22. The van der Waals surface area contributed by atoms with Crippen molar-refractivity contribution in [3.05, 3.63) is 35.4 Å². The first-order valence-electron chi connectivity index (χ1n) is 8.08. The molecule has 22 heavy (non-hydrogen) atoms. The molecule has 2 saturated carbocycles. The van der Waals surface area contributed by atoms with Crippen LogP contribution in [0.2, 0.25) is 0 Å². The highest BCUT2D eigenvalue weighted by atomic mass is 32.2. The van der Waals surface area contributed by atoms with Crippen LogP contribution in [0.1, 0.15) is 49.7 Å². The van der Waals surface area contributed by atoms with Crippen LogP contribution in [0.4, 0.5) is 0 Å². The van der Waals surface area contributed by atoms with Crippen molar-refractivity contribution >= 4 is 17.7 Å². The molecule has 1 aromatic rings. The normalized spacial score (nSPS) is 22.0. The summed E-state index contributed by atoms with van der Waals surface area (Å²) in [7, 11) is 0. The van der Waals surface area contributed by atoms with Gasteiger partial charge in [-0.1, -0.05) is 31.4 Å². The third kappa shape index (κ3) is 3.64. The Labute approximate surface area is 136 Å². The zero-order valence-corrected chi connectivity index (χ0v) is 13.6. The first kappa shape index (κ1) is 15.4. The molecule has 3 nitrogen and oxygen atoms in total. The van der Waals surface area contributed by atoms with E-state index in [2.05, 4.69) is 11.4 Å². The second-order valence-electron chi connectivity index (χ2n) is 6.55. The highest BCUT2D eigenvalue weighted by Gasteiger charge is 2.54. The Bertz CT molecular complexity index is 570. The summed E-state index contributed by atoms with van der Waals surface area (Å²) in [5.74, 6) is 1.51. The molecule has 0 saturated heterocycles. The summed E-state index contributed by atoms with van der Waals surface area (Å²) in [5.41, 5.74) is 2.30. The molecular weight excluding hydrogens is 292 g/mol. The van der Waals surface area contributed by atoms with Gasteiger partial charge in [-0.25, -0.2) is 0 Å². The van der Waals surface area contributed by atoms with E-state index in [1.165, 1.54) is 38.5 Å². The molecule has 0 aromatic heterocycles. The van der Waals surface area contributed by atoms with Crippen molar-refractivity contribution in [2.75, 3.05) is 5.75 Å². The van der Waals surface area contributed by atoms with Crippen molar-refractivity contribution in [2.24, 2.45) is 5.41 Å². The quantitative estimate of drug-likeness (QED) is 0.903. The standard InChI is InChI=1S/C18H22N2OS/c19-11-14-4-6-15(7-5-14)12-22-13-17(21)20-16-10-18(16)8-2-1-3-9-18/h4-7,16H,1-3,8-10,12-13H2,(H,20,21). The van der Waals surface area contributed by atoms with Gasteiger partial charge in [0, 0.05) is 11.8 Å². The number of nitrogens with zero attached hydrogens (tertiary/aromatic N) is 1. The number of hydrogen-bond donors (Lipinski definition) is 1. The minimum Gasteiger partial charge on any atom is -0.352 e. The maximum atomic E-state index is 12.0. The SMILES string of the molecule is N#Cc1ccc(CSCC(=O)NC2CC23CCCCC3)cc1. The summed E-state index contributed by atoms with van der Waals surface area (Å²) < 4.78 is 0. The third-order valence-electron chi connectivity index (χ3n) is 4.96. The fourth-order valence-corrected chi connectivity index (χ4v) is 4.33. The van der Waals surface area contributed by atoms with Crippen LogP contribution in [0.25, 0.3) is 0 Å². The molecule has 0 radical (unpaired) electrons. The van der Waals surface area contributed by atoms with Gasteiger partial charge in [-0.3, -0.25) is 4.79 Å². The van der Waals surface area contributed by atoms with Crippen LogP contribution < -0.4 is 5.32 Å². The number of amides is 1. The van der Waals surface area contributed by atoms with Crippen LogP contribution in [0, 0.1) is 16.7 Å². The number of nitrogens with one attached hydrogen (secondary N) is 1. The third-order valence-corrected chi connectivity index (χ3v) is 5.96. The average molecular weight is 314 g/mol.